The van der Waals surface area contributed by atoms with Crippen LogP contribution in [0.4, 0.5) is 13.2 Å². The SMILES string of the molecule is O=C(O)C[C@H]1CC[C@@H](Oc2ccc(-c3ccc(-c4nc5cc(F)c(F)cc5[nH]4)c(F)c3)cn2)CC1. The molecule has 5 rings (SSSR count). The highest BCUT2D eigenvalue weighted by Crippen LogP contribution is 2.31. The fraction of sp³-hybridized carbons (Fsp3) is 0.269. The van der Waals surface area contributed by atoms with Crippen LogP contribution in [0.3, 0.4) is 0 Å². The summed E-state index contributed by atoms with van der Waals surface area (Å²) in [5.74, 6) is -2.49. The van der Waals surface area contributed by atoms with Crippen LogP contribution in [0.15, 0.2) is 48.7 Å². The number of fused-ring (bicyclic) bond motifs is 1. The summed E-state index contributed by atoms with van der Waals surface area (Å²) < 4.78 is 47.8. The maximum absolute atomic E-state index is 14.9. The van der Waals surface area contributed by atoms with Crippen LogP contribution in [-0.2, 0) is 4.79 Å². The van der Waals surface area contributed by atoms with Gasteiger partial charge in [-0.3, -0.25) is 4.79 Å². The topological polar surface area (TPSA) is 88.1 Å². The van der Waals surface area contributed by atoms with Crippen molar-refractivity contribution in [2.45, 2.75) is 38.2 Å². The summed E-state index contributed by atoms with van der Waals surface area (Å²) in [6.07, 6.45) is 5.01. The molecule has 180 valence electrons. The Morgan fingerprint density at radius 1 is 0.971 bits per heavy atom. The molecule has 1 aliphatic rings. The number of benzene rings is 2. The minimum absolute atomic E-state index is 0.000817. The van der Waals surface area contributed by atoms with Gasteiger partial charge in [0.2, 0.25) is 5.88 Å². The summed E-state index contributed by atoms with van der Waals surface area (Å²) in [4.78, 5) is 22.2. The number of carbonyl (C=O) groups is 1. The number of H-pyrrole nitrogens is 1. The molecule has 0 amide bonds. The Morgan fingerprint density at radius 2 is 1.71 bits per heavy atom. The number of ether oxygens (including phenoxy) is 1. The normalized spacial score (nSPS) is 18.0. The van der Waals surface area contributed by atoms with E-state index in [1.165, 1.54) is 6.07 Å². The van der Waals surface area contributed by atoms with Crippen LogP contribution in [0.1, 0.15) is 32.1 Å². The van der Waals surface area contributed by atoms with Gasteiger partial charge in [0, 0.05) is 36.4 Å². The van der Waals surface area contributed by atoms with Crippen molar-refractivity contribution in [1.82, 2.24) is 15.0 Å². The summed E-state index contributed by atoms with van der Waals surface area (Å²) in [6.45, 7) is 0. The van der Waals surface area contributed by atoms with Gasteiger partial charge in [-0.25, -0.2) is 23.1 Å². The van der Waals surface area contributed by atoms with E-state index in [0.717, 1.165) is 37.8 Å². The first-order chi connectivity index (χ1) is 16.9. The molecular formula is C26H22F3N3O3. The van der Waals surface area contributed by atoms with Crippen molar-refractivity contribution in [2.24, 2.45) is 5.92 Å². The number of aliphatic carboxylic acids is 1. The van der Waals surface area contributed by atoms with Crippen LogP contribution < -0.4 is 4.74 Å². The van der Waals surface area contributed by atoms with Gasteiger partial charge >= 0.3 is 5.97 Å². The van der Waals surface area contributed by atoms with E-state index in [0.29, 0.717) is 17.0 Å². The lowest BCUT2D eigenvalue weighted by molar-refractivity contribution is -0.138. The Hall–Kier alpha value is -3.88. The summed E-state index contributed by atoms with van der Waals surface area (Å²) in [5, 5.41) is 8.93. The fourth-order valence-electron chi connectivity index (χ4n) is 4.51. The molecule has 1 saturated carbocycles. The molecule has 2 aromatic heterocycles. The molecule has 9 heteroatoms. The molecule has 35 heavy (non-hydrogen) atoms. The Balaban J connectivity index is 1.27. The zero-order chi connectivity index (χ0) is 24.5. The van der Waals surface area contributed by atoms with E-state index in [2.05, 4.69) is 15.0 Å². The van der Waals surface area contributed by atoms with Gasteiger partial charge in [-0.05, 0) is 55.4 Å². The van der Waals surface area contributed by atoms with E-state index >= 15 is 0 Å². The van der Waals surface area contributed by atoms with Crippen molar-refractivity contribution in [3.05, 3.63) is 66.1 Å². The van der Waals surface area contributed by atoms with Gasteiger partial charge in [0.1, 0.15) is 17.7 Å². The smallest absolute Gasteiger partial charge is 0.303 e. The van der Waals surface area contributed by atoms with E-state index in [1.54, 1.807) is 30.5 Å². The van der Waals surface area contributed by atoms with Crippen LogP contribution in [0.5, 0.6) is 5.88 Å². The Kier molecular flexibility index (Phi) is 6.15. The first-order valence-corrected chi connectivity index (χ1v) is 11.4. The zero-order valence-electron chi connectivity index (χ0n) is 18.6. The van der Waals surface area contributed by atoms with Gasteiger partial charge in [0.25, 0.3) is 0 Å². The van der Waals surface area contributed by atoms with E-state index in [4.69, 9.17) is 9.84 Å². The Morgan fingerprint density at radius 3 is 2.40 bits per heavy atom. The van der Waals surface area contributed by atoms with Crippen molar-refractivity contribution < 1.29 is 27.8 Å². The second kappa shape index (κ2) is 9.40. The summed E-state index contributed by atoms with van der Waals surface area (Å²) in [6, 6.07) is 10.1. The molecule has 0 spiro atoms. The van der Waals surface area contributed by atoms with Crippen molar-refractivity contribution in [3.8, 4) is 28.4 Å². The minimum atomic E-state index is -1.02. The molecule has 6 nitrogen and oxygen atoms in total. The predicted molar refractivity (Wildman–Crippen MR) is 123 cm³/mol. The average Bonchev–Trinajstić information content (AvgIpc) is 3.23. The number of rotatable bonds is 6. The van der Waals surface area contributed by atoms with Crippen LogP contribution >= 0.6 is 0 Å². The van der Waals surface area contributed by atoms with E-state index in [9.17, 15) is 18.0 Å². The minimum Gasteiger partial charge on any atom is -0.481 e. The molecule has 0 unspecified atom stereocenters. The number of nitrogens with one attached hydrogen (secondary N) is 1. The molecular weight excluding hydrogens is 459 g/mol. The molecule has 2 aromatic carbocycles. The highest BCUT2D eigenvalue weighted by Gasteiger charge is 2.24. The number of aromatic amines is 1. The lowest BCUT2D eigenvalue weighted by Crippen LogP contribution is -2.25. The third-order valence-corrected chi connectivity index (χ3v) is 6.36. The van der Waals surface area contributed by atoms with Gasteiger partial charge in [0.05, 0.1) is 16.6 Å². The lowest BCUT2D eigenvalue weighted by atomic mass is 9.85. The first kappa shape index (κ1) is 22.9. The molecule has 4 aromatic rings. The maximum atomic E-state index is 14.9. The van der Waals surface area contributed by atoms with Crippen molar-refractivity contribution >= 4 is 17.0 Å². The molecule has 0 aliphatic heterocycles. The highest BCUT2D eigenvalue weighted by molar-refractivity contribution is 5.80. The first-order valence-electron chi connectivity index (χ1n) is 11.4. The molecule has 2 heterocycles. The zero-order valence-corrected chi connectivity index (χ0v) is 18.6. The number of carboxylic acid groups (broad SMARTS) is 1. The molecule has 0 saturated heterocycles. The average molecular weight is 481 g/mol. The fourth-order valence-corrected chi connectivity index (χ4v) is 4.51. The summed E-state index contributed by atoms with van der Waals surface area (Å²) >= 11 is 0. The molecule has 1 fully saturated rings. The standard InChI is InChI=1S/C26H22F3N3O3/c27-19-10-15(3-7-18(19)26-31-22-11-20(28)21(29)12-23(22)32-26)16-4-8-24(30-13-16)35-17-5-1-14(2-6-17)9-25(33)34/h3-4,7-8,10-14,17H,1-2,5-6,9H2,(H,31,32)(H,33,34)/t14-,17+. The van der Waals surface area contributed by atoms with Crippen molar-refractivity contribution in [1.29, 1.82) is 0 Å². The van der Waals surface area contributed by atoms with Gasteiger partial charge in [-0.1, -0.05) is 6.07 Å². The quantitative estimate of drug-likeness (QED) is 0.346. The largest absolute Gasteiger partial charge is 0.481 e. The van der Waals surface area contributed by atoms with E-state index in [1.807, 2.05) is 0 Å². The summed E-state index contributed by atoms with van der Waals surface area (Å²) in [7, 11) is 0. The lowest BCUT2D eigenvalue weighted by Gasteiger charge is -2.27. The van der Waals surface area contributed by atoms with Crippen LogP contribution in [0.25, 0.3) is 33.5 Å². The number of hydrogen-bond donors (Lipinski definition) is 2. The predicted octanol–water partition coefficient (Wildman–Crippen LogP) is 6.12. The van der Waals surface area contributed by atoms with Crippen LogP contribution in [-0.4, -0.2) is 32.1 Å². The van der Waals surface area contributed by atoms with Crippen molar-refractivity contribution in [2.75, 3.05) is 0 Å². The Labute approximate surface area is 198 Å². The number of carboxylic acids is 1. The number of halogens is 3. The third kappa shape index (κ3) is 4.99. The molecule has 1 aliphatic carbocycles. The monoisotopic (exact) mass is 481 g/mol. The molecule has 0 bridgehead atoms. The number of hydrogen-bond acceptors (Lipinski definition) is 4. The second-order valence-corrected chi connectivity index (χ2v) is 8.81. The number of aromatic nitrogens is 3. The number of imidazole rings is 1. The molecule has 0 radical (unpaired) electrons. The number of nitrogens with zero attached hydrogens (tertiary/aromatic N) is 2. The second-order valence-electron chi connectivity index (χ2n) is 8.81. The van der Waals surface area contributed by atoms with E-state index in [-0.39, 0.29) is 40.9 Å². The van der Waals surface area contributed by atoms with E-state index < -0.39 is 23.4 Å². The molecule has 2 N–H and O–H groups in total. The third-order valence-electron chi connectivity index (χ3n) is 6.36. The molecule has 0 atom stereocenters. The maximum Gasteiger partial charge on any atom is 0.303 e. The van der Waals surface area contributed by atoms with Crippen LogP contribution in [0, 0.1) is 23.4 Å². The van der Waals surface area contributed by atoms with Gasteiger partial charge in [-0.2, -0.15) is 0 Å². The van der Waals surface area contributed by atoms with Gasteiger partial charge in [-0.15, -0.1) is 0 Å². The van der Waals surface area contributed by atoms with Crippen LogP contribution in [0.2, 0.25) is 0 Å². The van der Waals surface area contributed by atoms with Gasteiger partial charge < -0.3 is 14.8 Å². The van der Waals surface area contributed by atoms with Gasteiger partial charge in [0.15, 0.2) is 11.6 Å². The summed E-state index contributed by atoms with van der Waals surface area (Å²) in [5.41, 5.74) is 1.96. The number of pyridine rings is 1. The van der Waals surface area contributed by atoms with Crippen molar-refractivity contribution in [3.63, 3.8) is 0 Å². The Bertz CT molecular complexity index is 1340. The highest BCUT2D eigenvalue weighted by atomic mass is 19.2.